The van der Waals surface area contributed by atoms with Crippen LogP contribution in [0.5, 0.6) is 0 Å². The van der Waals surface area contributed by atoms with E-state index in [1.165, 1.54) is 25.0 Å². The Bertz CT molecular complexity index is 932. The third-order valence-corrected chi connectivity index (χ3v) is 4.70. The number of amides is 1. The normalized spacial score (nSPS) is 13.3. The van der Waals surface area contributed by atoms with Gasteiger partial charge in [-0.15, -0.1) is 0 Å². The minimum absolute atomic E-state index is 0.154. The molecular formula is C21H22FN5O. The maximum atomic E-state index is 13.0. The Morgan fingerprint density at radius 3 is 2.68 bits per heavy atom. The predicted molar refractivity (Wildman–Crippen MR) is 105 cm³/mol. The van der Waals surface area contributed by atoms with Crippen molar-refractivity contribution in [3.05, 3.63) is 71.9 Å². The van der Waals surface area contributed by atoms with Crippen LogP contribution in [0.4, 0.5) is 10.2 Å². The summed E-state index contributed by atoms with van der Waals surface area (Å²) >= 11 is 0. The van der Waals surface area contributed by atoms with Crippen molar-refractivity contribution < 1.29 is 9.18 Å². The molecule has 0 radical (unpaired) electrons. The monoisotopic (exact) mass is 379 g/mol. The first kappa shape index (κ1) is 18.2. The van der Waals surface area contributed by atoms with Crippen molar-refractivity contribution in [2.45, 2.75) is 19.3 Å². The Kier molecular flexibility index (Phi) is 5.32. The molecule has 7 heteroatoms. The average molecular weight is 379 g/mol. The molecule has 0 bridgehead atoms. The molecule has 1 aliphatic carbocycles. The summed E-state index contributed by atoms with van der Waals surface area (Å²) in [5.74, 6) is 1.14. The van der Waals surface area contributed by atoms with E-state index in [2.05, 4.69) is 20.7 Å². The average Bonchev–Trinajstić information content (AvgIpc) is 3.44. The number of anilines is 1. The first-order valence-corrected chi connectivity index (χ1v) is 9.46. The van der Waals surface area contributed by atoms with Gasteiger partial charge in [0, 0.05) is 31.9 Å². The molecule has 1 aliphatic rings. The first-order chi connectivity index (χ1) is 13.7. The van der Waals surface area contributed by atoms with Crippen molar-refractivity contribution in [2.24, 2.45) is 5.92 Å². The van der Waals surface area contributed by atoms with E-state index in [1.54, 1.807) is 29.1 Å². The van der Waals surface area contributed by atoms with Crippen LogP contribution in [0.25, 0.3) is 5.69 Å². The number of hydrogen-bond acceptors (Lipinski definition) is 4. The van der Waals surface area contributed by atoms with Crippen molar-refractivity contribution in [1.29, 1.82) is 0 Å². The van der Waals surface area contributed by atoms with Gasteiger partial charge in [-0.25, -0.2) is 14.1 Å². The summed E-state index contributed by atoms with van der Waals surface area (Å²) in [5.41, 5.74) is 2.18. The van der Waals surface area contributed by atoms with Crippen molar-refractivity contribution in [3.8, 4) is 5.69 Å². The third kappa shape index (κ3) is 4.73. The lowest BCUT2D eigenvalue weighted by atomic mass is 10.2. The molecule has 0 aliphatic heterocycles. The van der Waals surface area contributed by atoms with Gasteiger partial charge in [-0.3, -0.25) is 4.79 Å². The largest absolute Gasteiger partial charge is 0.370 e. The van der Waals surface area contributed by atoms with Crippen LogP contribution in [0.1, 0.15) is 28.9 Å². The lowest BCUT2D eigenvalue weighted by Gasteiger charge is -2.06. The molecular weight excluding hydrogens is 357 g/mol. The summed E-state index contributed by atoms with van der Waals surface area (Å²) in [5, 5.41) is 10.6. The zero-order chi connectivity index (χ0) is 19.3. The second kappa shape index (κ2) is 8.21. The third-order valence-electron chi connectivity index (χ3n) is 4.70. The number of nitrogens with one attached hydrogen (secondary N) is 2. The zero-order valence-electron chi connectivity index (χ0n) is 15.4. The molecule has 1 saturated carbocycles. The first-order valence-electron chi connectivity index (χ1n) is 9.46. The van der Waals surface area contributed by atoms with Crippen LogP contribution in [0.2, 0.25) is 0 Å². The fourth-order valence-corrected chi connectivity index (χ4v) is 2.84. The van der Waals surface area contributed by atoms with Crippen LogP contribution in [-0.4, -0.2) is 33.8 Å². The Morgan fingerprint density at radius 2 is 1.96 bits per heavy atom. The maximum Gasteiger partial charge on any atom is 0.252 e. The minimum Gasteiger partial charge on any atom is -0.370 e. The van der Waals surface area contributed by atoms with Crippen LogP contribution in [0.3, 0.4) is 0 Å². The molecule has 0 spiro atoms. The number of carbonyl (C=O) groups excluding carboxylic acids is 1. The smallest absolute Gasteiger partial charge is 0.252 e. The molecule has 2 heterocycles. The van der Waals surface area contributed by atoms with Gasteiger partial charge in [0.05, 0.1) is 16.9 Å². The highest BCUT2D eigenvalue weighted by atomic mass is 19.1. The number of pyridine rings is 1. The van der Waals surface area contributed by atoms with Gasteiger partial charge < -0.3 is 10.6 Å². The van der Waals surface area contributed by atoms with Gasteiger partial charge in [0.15, 0.2) is 0 Å². The number of rotatable bonds is 8. The molecule has 6 nitrogen and oxygen atoms in total. The molecule has 2 aromatic heterocycles. The van der Waals surface area contributed by atoms with Crippen LogP contribution in [0, 0.1) is 11.7 Å². The molecule has 144 valence electrons. The Balaban J connectivity index is 1.25. The molecule has 0 atom stereocenters. The summed E-state index contributed by atoms with van der Waals surface area (Å²) in [6, 6.07) is 11.6. The number of benzene rings is 1. The molecule has 28 heavy (non-hydrogen) atoms. The minimum atomic E-state index is -0.278. The summed E-state index contributed by atoms with van der Waals surface area (Å²) < 4.78 is 14.7. The molecule has 2 N–H and O–H groups in total. The van der Waals surface area contributed by atoms with Crippen LogP contribution < -0.4 is 10.6 Å². The quantitative estimate of drug-likeness (QED) is 0.630. The second-order valence-corrected chi connectivity index (χ2v) is 6.99. The van der Waals surface area contributed by atoms with Crippen LogP contribution in [-0.2, 0) is 6.42 Å². The van der Waals surface area contributed by atoms with Gasteiger partial charge in [-0.2, -0.15) is 5.10 Å². The van der Waals surface area contributed by atoms with Gasteiger partial charge in [-0.05, 0) is 61.2 Å². The van der Waals surface area contributed by atoms with Crippen molar-refractivity contribution >= 4 is 11.7 Å². The summed E-state index contributed by atoms with van der Waals surface area (Å²) in [6.45, 7) is 1.42. The van der Waals surface area contributed by atoms with E-state index in [0.717, 1.165) is 29.7 Å². The molecule has 1 amide bonds. The van der Waals surface area contributed by atoms with Gasteiger partial charge in [0.2, 0.25) is 0 Å². The van der Waals surface area contributed by atoms with Crippen molar-refractivity contribution in [2.75, 3.05) is 18.4 Å². The van der Waals surface area contributed by atoms with Crippen molar-refractivity contribution in [1.82, 2.24) is 20.1 Å². The van der Waals surface area contributed by atoms with Crippen LogP contribution >= 0.6 is 0 Å². The van der Waals surface area contributed by atoms with E-state index in [0.29, 0.717) is 18.5 Å². The summed E-state index contributed by atoms with van der Waals surface area (Å²) in [4.78, 5) is 16.5. The highest BCUT2D eigenvalue weighted by molar-refractivity contribution is 5.94. The van der Waals surface area contributed by atoms with E-state index in [-0.39, 0.29) is 11.7 Å². The number of aromatic nitrogens is 3. The molecule has 4 rings (SSSR count). The van der Waals surface area contributed by atoms with E-state index in [4.69, 9.17) is 0 Å². The fourth-order valence-electron chi connectivity index (χ4n) is 2.84. The van der Waals surface area contributed by atoms with E-state index in [9.17, 15) is 9.18 Å². The number of halogens is 1. The molecule has 0 saturated heterocycles. The fraction of sp³-hybridized carbons (Fsp3) is 0.286. The Morgan fingerprint density at radius 1 is 1.14 bits per heavy atom. The Labute approximate surface area is 162 Å². The molecule has 3 aromatic rings. The zero-order valence-corrected chi connectivity index (χ0v) is 15.4. The number of carbonyl (C=O) groups is 1. The molecule has 0 unspecified atom stereocenters. The standard InChI is InChI=1S/C21H22FN5O/c22-17-4-6-19(7-5-17)27-12-10-18(26-27)9-11-23-21(28)16-3-8-20(25-14-16)24-13-15-1-2-15/h3-8,10,12,14-15H,1-2,9,11,13H2,(H,23,28)(H,24,25). The Hall–Kier alpha value is -3.22. The van der Waals surface area contributed by atoms with Gasteiger partial charge in [0.1, 0.15) is 11.6 Å². The van der Waals surface area contributed by atoms with Gasteiger partial charge in [0.25, 0.3) is 5.91 Å². The predicted octanol–water partition coefficient (Wildman–Crippen LogP) is 3.20. The van der Waals surface area contributed by atoms with E-state index < -0.39 is 0 Å². The number of hydrogen-bond donors (Lipinski definition) is 2. The maximum absolute atomic E-state index is 13.0. The second-order valence-electron chi connectivity index (χ2n) is 6.99. The molecule has 1 aromatic carbocycles. The lowest BCUT2D eigenvalue weighted by molar-refractivity contribution is 0.0953. The van der Waals surface area contributed by atoms with E-state index >= 15 is 0 Å². The van der Waals surface area contributed by atoms with Crippen molar-refractivity contribution in [3.63, 3.8) is 0 Å². The SMILES string of the molecule is O=C(NCCc1ccn(-c2ccc(F)cc2)n1)c1ccc(NCC2CC2)nc1. The lowest BCUT2D eigenvalue weighted by Crippen LogP contribution is -2.26. The molecule has 1 fully saturated rings. The topological polar surface area (TPSA) is 71.8 Å². The van der Waals surface area contributed by atoms with Gasteiger partial charge >= 0.3 is 0 Å². The van der Waals surface area contributed by atoms with Crippen LogP contribution in [0.15, 0.2) is 54.9 Å². The summed E-state index contributed by atoms with van der Waals surface area (Å²) in [6.07, 6.45) is 6.59. The van der Waals surface area contributed by atoms with E-state index in [1.807, 2.05) is 18.3 Å². The summed E-state index contributed by atoms with van der Waals surface area (Å²) in [7, 11) is 0. The highest BCUT2D eigenvalue weighted by Gasteiger charge is 2.20. The highest BCUT2D eigenvalue weighted by Crippen LogP contribution is 2.28. The van der Waals surface area contributed by atoms with Gasteiger partial charge in [-0.1, -0.05) is 0 Å². The number of nitrogens with zero attached hydrogens (tertiary/aromatic N) is 3.